The fraction of sp³-hybridized carbons (Fsp3) is 0.250. The van der Waals surface area contributed by atoms with Gasteiger partial charge in [0.25, 0.3) is 0 Å². The van der Waals surface area contributed by atoms with Gasteiger partial charge in [-0.2, -0.15) is 0 Å². The molecule has 1 N–H and O–H groups in total. The van der Waals surface area contributed by atoms with Gasteiger partial charge >= 0.3 is 0 Å². The first-order valence-corrected chi connectivity index (χ1v) is 7.37. The van der Waals surface area contributed by atoms with E-state index in [1.807, 2.05) is 24.4 Å². The van der Waals surface area contributed by atoms with Crippen molar-refractivity contribution in [3.63, 3.8) is 0 Å². The second-order valence-corrected chi connectivity index (χ2v) is 5.75. The summed E-state index contributed by atoms with van der Waals surface area (Å²) in [5.74, 6) is 4.66. The van der Waals surface area contributed by atoms with Gasteiger partial charge < -0.3 is 14.5 Å². The number of rotatable bonds is 5. The highest BCUT2D eigenvalue weighted by Gasteiger charge is 2.05. The van der Waals surface area contributed by atoms with Crippen LogP contribution in [0, 0.1) is 0 Å². The number of nitrogens with one attached hydrogen (secondary N) is 1. The fourth-order valence-electron chi connectivity index (χ4n) is 1.59. The minimum absolute atomic E-state index is 0.506. The number of aromatic amines is 1. The Hall–Kier alpha value is -0.970. The highest BCUT2D eigenvalue weighted by atomic mass is 35.7. The van der Waals surface area contributed by atoms with E-state index < -0.39 is 9.70 Å². The standard InChI is InChI=1S/C12H14ClNO2S/c1-15-5-6-16-9-3-4-10-11(7-9)14-8-12(10)17(2)13/h3-4,7-8,14H,2,5-6H2,1H3. The summed E-state index contributed by atoms with van der Waals surface area (Å²) in [6.07, 6.45) is 1.90. The first-order chi connectivity index (χ1) is 8.22. The monoisotopic (exact) mass is 271 g/mol. The van der Waals surface area contributed by atoms with Crippen LogP contribution in [0.3, 0.4) is 0 Å². The summed E-state index contributed by atoms with van der Waals surface area (Å²) in [6.45, 7) is 1.13. The fourth-order valence-corrected chi connectivity index (χ4v) is 2.58. The van der Waals surface area contributed by atoms with Crippen molar-refractivity contribution in [2.45, 2.75) is 4.90 Å². The Kier molecular flexibility index (Phi) is 4.10. The summed E-state index contributed by atoms with van der Waals surface area (Å²) >= 11 is 0. The lowest BCUT2D eigenvalue weighted by atomic mass is 10.2. The largest absolute Gasteiger partial charge is 0.491 e. The van der Waals surface area contributed by atoms with Gasteiger partial charge in [-0.1, -0.05) is 15.6 Å². The molecule has 0 radical (unpaired) electrons. The molecule has 0 aliphatic rings. The zero-order valence-electron chi connectivity index (χ0n) is 9.53. The molecule has 2 aromatic rings. The maximum atomic E-state index is 6.01. The van der Waals surface area contributed by atoms with Crippen LogP contribution in [-0.2, 0) is 4.74 Å². The molecule has 1 unspecified atom stereocenters. The van der Waals surface area contributed by atoms with Crippen LogP contribution >= 0.6 is 20.4 Å². The molecule has 0 fully saturated rings. The first kappa shape index (κ1) is 12.5. The number of H-pyrrole nitrogens is 1. The highest BCUT2D eigenvalue weighted by Crippen LogP contribution is 2.36. The third kappa shape index (κ3) is 2.83. The van der Waals surface area contributed by atoms with Crippen molar-refractivity contribution in [2.24, 2.45) is 0 Å². The van der Waals surface area contributed by atoms with Crippen molar-refractivity contribution in [2.75, 3.05) is 20.3 Å². The van der Waals surface area contributed by atoms with Crippen LogP contribution in [0.1, 0.15) is 0 Å². The number of halogens is 1. The Morgan fingerprint density at radius 3 is 2.94 bits per heavy atom. The Balaban J connectivity index is 2.23. The summed E-state index contributed by atoms with van der Waals surface area (Å²) in [6, 6.07) is 5.88. The summed E-state index contributed by atoms with van der Waals surface area (Å²) in [7, 11) is 7.16. The molecule has 17 heavy (non-hydrogen) atoms. The third-order valence-electron chi connectivity index (χ3n) is 2.41. The molecule has 5 heteroatoms. The van der Waals surface area contributed by atoms with Gasteiger partial charge in [0.2, 0.25) is 0 Å². The van der Waals surface area contributed by atoms with E-state index in [1.54, 1.807) is 7.11 Å². The van der Waals surface area contributed by atoms with Crippen molar-refractivity contribution < 1.29 is 9.47 Å². The maximum Gasteiger partial charge on any atom is 0.121 e. The zero-order valence-corrected chi connectivity index (χ0v) is 11.1. The van der Waals surface area contributed by atoms with E-state index >= 15 is 0 Å². The van der Waals surface area contributed by atoms with Crippen molar-refractivity contribution in [1.82, 2.24) is 4.98 Å². The predicted molar refractivity (Wildman–Crippen MR) is 74.5 cm³/mol. The van der Waals surface area contributed by atoms with Crippen molar-refractivity contribution in [3.8, 4) is 5.75 Å². The summed E-state index contributed by atoms with van der Waals surface area (Å²) in [5.41, 5.74) is 1.01. The van der Waals surface area contributed by atoms with Crippen molar-refractivity contribution in [3.05, 3.63) is 24.4 Å². The van der Waals surface area contributed by atoms with Crippen LogP contribution in [-0.4, -0.2) is 31.2 Å². The minimum atomic E-state index is -0.506. The normalized spacial score (nSPS) is 12.8. The molecular weight excluding hydrogens is 258 g/mol. The molecule has 1 aromatic carbocycles. The van der Waals surface area contributed by atoms with Gasteiger partial charge in [-0.3, -0.25) is 0 Å². The van der Waals surface area contributed by atoms with Crippen LogP contribution in [0.5, 0.6) is 5.75 Å². The summed E-state index contributed by atoms with van der Waals surface area (Å²) in [4.78, 5) is 4.20. The maximum absolute atomic E-state index is 6.01. The van der Waals surface area contributed by atoms with E-state index in [0.29, 0.717) is 13.2 Å². The molecule has 3 nitrogen and oxygen atoms in total. The van der Waals surface area contributed by atoms with E-state index in [1.165, 1.54) is 0 Å². The van der Waals surface area contributed by atoms with Crippen molar-refractivity contribution >= 4 is 37.2 Å². The van der Waals surface area contributed by atoms with E-state index in [0.717, 1.165) is 21.5 Å². The number of aromatic nitrogens is 1. The van der Waals surface area contributed by atoms with Crippen LogP contribution in [0.15, 0.2) is 29.3 Å². The summed E-state index contributed by atoms with van der Waals surface area (Å²) < 4.78 is 10.5. The number of methoxy groups -OCH3 is 1. The molecule has 2 rings (SSSR count). The molecule has 0 spiro atoms. The predicted octanol–water partition coefficient (Wildman–Crippen LogP) is 3.41. The second kappa shape index (κ2) is 5.58. The lowest BCUT2D eigenvalue weighted by molar-refractivity contribution is 0.146. The number of hydrogen-bond donors (Lipinski definition) is 1. The smallest absolute Gasteiger partial charge is 0.121 e. The molecular formula is C12H14ClNO2S. The molecule has 1 heterocycles. The van der Waals surface area contributed by atoms with E-state index in [-0.39, 0.29) is 0 Å². The van der Waals surface area contributed by atoms with Crippen LogP contribution in [0.2, 0.25) is 0 Å². The number of benzene rings is 1. The van der Waals surface area contributed by atoms with Gasteiger partial charge in [-0.05, 0) is 22.8 Å². The number of hydrogen-bond acceptors (Lipinski definition) is 2. The molecule has 1 aromatic heterocycles. The minimum Gasteiger partial charge on any atom is -0.491 e. The van der Waals surface area contributed by atoms with Gasteiger partial charge in [0.1, 0.15) is 12.4 Å². The Bertz CT molecular complexity index is 538. The number of ether oxygens (including phenoxy) is 2. The van der Waals surface area contributed by atoms with Crippen LogP contribution in [0.25, 0.3) is 10.9 Å². The molecule has 0 saturated carbocycles. The average Bonchev–Trinajstić information content (AvgIpc) is 2.72. The van der Waals surface area contributed by atoms with Crippen LogP contribution < -0.4 is 4.74 Å². The highest BCUT2D eigenvalue weighted by molar-refractivity contribution is 8.33. The van der Waals surface area contributed by atoms with Gasteiger partial charge in [-0.25, -0.2) is 0 Å². The molecule has 1 atom stereocenters. The molecule has 0 saturated heterocycles. The van der Waals surface area contributed by atoms with Gasteiger partial charge in [-0.15, -0.1) is 0 Å². The Morgan fingerprint density at radius 1 is 1.41 bits per heavy atom. The number of fused-ring (bicyclic) bond motifs is 1. The van der Waals surface area contributed by atoms with Crippen molar-refractivity contribution in [1.29, 1.82) is 0 Å². The summed E-state index contributed by atoms with van der Waals surface area (Å²) in [5, 5.41) is 1.09. The SMILES string of the molecule is C=S(Cl)c1c[nH]c2cc(OCCOC)ccc12. The van der Waals surface area contributed by atoms with E-state index in [2.05, 4.69) is 10.9 Å². The molecule has 0 bridgehead atoms. The molecule has 0 aliphatic carbocycles. The first-order valence-electron chi connectivity index (χ1n) is 5.15. The lowest BCUT2D eigenvalue weighted by Gasteiger charge is -2.05. The lowest BCUT2D eigenvalue weighted by Crippen LogP contribution is -2.03. The third-order valence-corrected chi connectivity index (χ3v) is 3.72. The van der Waals surface area contributed by atoms with Crippen LogP contribution in [0.4, 0.5) is 0 Å². The van der Waals surface area contributed by atoms with E-state index in [4.69, 9.17) is 20.2 Å². The Labute approximate surface area is 107 Å². The van der Waals surface area contributed by atoms with Gasteiger partial charge in [0.05, 0.1) is 12.1 Å². The topological polar surface area (TPSA) is 34.2 Å². The van der Waals surface area contributed by atoms with E-state index in [9.17, 15) is 0 Å². The quantitative estimate of drug-likeness (QED) is 0.668. The van der Waals surface area contributed by atoms with Gasteiger partial charge in [0.15, 0.2) is 0 Å². The van der Waals surface area contributed by atoms with Gasteiger partial charge in [0, 0.05) is 29.7 Å². The average molecular weight is 272 g/mol. The zero-order chi connectivity index (χ0) is 12.3. The molecule has 92 valence electrons. The second-order valence-electron chi connectivity index (χ2n) is 3.53. The molecule has 0 aliphatic heterocycles. The molecule has 0 amide bonds. The Morgan fingerprint density at radius 2 is 2.24 bits per heavy atom.